The Kier molecular flexibility index (Phi) is 4.12. The molecule has 1 heterocycles. The quantitative estimate of drug-likeness (QED) is 0.601. The summed E-state index contributed by atoms with van der Waals surface area (Å²) in [6, 6.07) is 8.85. The van der Waals surface area contributed by atoms with Gasteiger partial charge < -0.3 is 10.4 Å². The average Bonchev–Trinajstić information content (AvgIpc) is 2.44. The van der Waals surface area contributed by atoms with Crippen LogP contribution < -0.4 is 5.32 Å². The summed E-state index contributed by atoms with van der Waals surface area (Å²) in [6.07, 6.45) is 0. The number of benzene rings is 2. The topological polar surface area (TPSA) is 58.0 Å². The van der Waals surface area contributed by atoms with E-state index >= 15 is 0 Å². The van der Waals surface area contributed by atoms with E-state index in [9.17, 15) is 5.11 Å². The smallest absolute Gasteiger partial charge is 0.231 e. The first-order valence-corrected chi connectivity index (χ1v) is 7.88. The van der Waals surface area contributed by atoms with Crippen molar-refractivity contribution < 1.29 is 5.11 Å². The summed E-state index contributed by atoms with van der Waals surface area (Å²) < 4.78 is 0.789. The lowest BCUT2D eigenvalue weighted by atomic mass is 10.1. The van der Waals surface area contributed by atoms with Gasteiger partial charge in [0.2, 0.25) is 11.8 Å². The number of nitrogens with one attached hydrogen (secondary N) is 1. The molecule has 3 rings (SSSR count). The molecule has 7 heteroatoms. The number of aryl methyl sites for hydroxylation is 1. The summed E-state index contributed by atoms with van der Waals surface area (Å²) in [5.74, 6) is 0.185. The lowest BCUT2D eigenvalue weighted by Crippen LogP contribution is -1.98. The van der Waals surface area contributed by atoms with E-state index in [1.807, 2.05) is 19.1 Å². The molecule has 1 aromatic heterocycles. The van der Waals surface area contributed by atoms with Crippen LogP contribution in [-0.4, -0.2) is 15.1 Å². The molecule has 3 aromatic rings. The van der Waals surface area contributed by atoms with Gasteiger partial charge in [0.25, 0.3) is 0 Å². The van der Waals surface area contributed by atoms with Crippen molar-refractivity contribution in [3.05, 3.63) is 50.4 Å². The number of hydrogen-bond donors (Lipinski definition) is 2. The van der Waals surface area contributed by atoms with Crippen molar-refractivity contribution in [2.45, 2.75) is 6.92 Å². The van der Waals surface area contributed by atoms with Gasteiger partial charge in [-0.2, -0.15) is 4.98 Å². The molecule has 0 spiro atoms. The lowest BCUT2D eigenvalue weighted by Gasteiger charge is -2.09. The number of aromatic hydroxyl groups is 1. The predicted molar refractivity (Wildman–Crippen MR) is 93.4 cm³/mol. The molecule has 22 heavy (non-hydrogen) atoms. The molecule has 0 atom stereocenters. The van der Waals surface area contributed by atoms with Crippen molar-refractivity contribution in [1.29, 1.82) is 0 Å². The summed E-state index contributed by atoms with van der Waals surface area (Å²) in [7, 11) is 0. The molecule has 2 aromatic carbocycles. The fraction of sp³-hybridized carbons (Fsp3) is 0.0667. The van der Waals surface area contributed by atoms with Crippen LogP contribution in [0.1, 0.15) is 5.56 Å². The molecule has 0 bridgehead atoms. The highest BCUT2D eigenvalue weighted by atomic mass is 79.9. The monoisotopic (exact) mass is 397 g/mol. The minimum Gasteiger partial charge on any atom is -0.493 e. The van der Waals surface area contributed by atoms with Crippen LogP contribution in [0.2, 0.25) is 10.0 Å². The van der Waals surface area contributed by atoms with Gasteiger partial charge in [-0.3, -0.25) is 0 Å². The first-order valence-electron chi connectivity index (χ1n) is 6.33. The van der Waals surface area contributed by atoms with Crippen molar-refractivity contribution in [2.24, 2.45) is 0 Å². The van der Waals surface area contributed by atoms with Crippen LogP contribution in [0, 0.1) is 6.92 Å². The number of halogens is 3. The van der Waals surface area contributed by atoms with E-state index in [2.05, 4.69) is 31.2 Å². The maximum absolute atomic E-state index is 10.1. The standard InChI is InChI=1S/C15H10BrCl2N3O/c1-7-4-9-13(10(16)5-7)20-15(21-14(9)22)19-8-2-3-11(17)12(18)6-8/h2-6H,1H3,(H2,19,20,21,22). The Morgan fingerprint density at radius 2 is 1.86 bits per heavy atom. The highest BCUT2D eigenvalue weighted by Crippen LogP contribution is 2.31. The van der Waals surface area contributed by atoms with Crippen LogP contribution in [0.4, 0.5) is 11.6 Å². The van der Waals surface area contributed by atoms with Gasteiger partial charge >= 0.3 is 0 Å². The van der Waals surface area contributed by atoms with Crippen LogP contribution in [0.3, 0.4) is 0 Å². The van der Waals surface area contributed by atoms with Gasteiger partial charge in [-0.15, -0.1) is 0 Å². The molecule has 0 amide bonds. The summed E-state index contributed by atoms with van der Waals surface area (Å²) >= 11 is 15.3. The zero-order valence-corrected chi connectivity index (χ0v) is 14.5. The number of fused-ring (bicyclic) bond motifs is 1. The third-order valence-corrected chi connectivity index (χ3v) is 4.40. The van der Waals surface area contributed by atoms with E-state index in [4.69, 9.17) is 23.2 Å². The van der Waals surface area contributed by atoms with Crippen LogP contribution in [0.5, 0.6) is 5.88 Å². The molecule has 0 aliphatic carbocycles. The van der Waals surface area contributed by atoms with Crippen LogP contribution in [0.15, 0.2) is 34.8 Å². The predicted octanol–water partition coefficient (Wildman–Crippen LogP) is 5.46. The Morgan fingerprint density at radius 3 is 2.59 bits per heavy atom. The van der Waals surface area contributed by atoms with Crippen LogP contribution >= 0.6 is 39.1 Å². The largest absolute Gasteiger partial charge is 0.493 e. The van der Waals surface area contributed by atoms with E-state index in [-0.39, 0.29) is 11.8 Å². The molecule has 0 fully saturated rings. The Hall–Kier alpha value is -1.56. The lowest BCUT2D eigenvalue weighted by molar-refractivity contribution is 0.460. The molecule has 0 saturated carbocycles. The normalized spacial score (nSPS) is 10.9. The van der Waals surface area contributed by atoms with Gasteiger partial charge in [0.05, 0.1) is 20.9 Å². The van der Waals surface area contributed by atoms with Gasteiger partial charge in [0.1, 0.15) is 0 Å². The third kappa shape index (κ3) is 2.97. The molecule has 2 N–H and O–H groups in total. The van der Waals surface area contributed by atoms with Crippen LogP contribution in [-0.2, 0) is 0 Å². The zero-order valence-electron chi connectivity index (χ0n) is 11.4. The highest BCUT2D eigenvalue weighted by molar-refractivity contribution is 9.10. The Labute approximate surface area is 145 Å². The SMILES string of the molecule is Cc1cc(Br)c2nc(Nc3ccc(Cl)c(Cl)c3)nc(O)c2c1. The zero-order chi connectivity index (χ0) is 15.9. The minimum absolute atomic E-state index is 0.0861. The Balaban J connectivity index is 2.06. The molecular formula is C15H10BrCl2N3O. The van der Waals surface area contributed by atoms with Gasteiger partial charge in [-0.1, -0.05) is 23.2 Å². The third-order valence-electron chi connectivity index (χ3n) is 3.05. The van der Waals surface area contributed by atoms with Gasteiger partial charge in [-0.25, -0.2) is 4.98 Å². The summed E-state index contributed by atoms with van der Waals surface area (Å²) in [5.41, 5.74) is 2.31. The van der Waals surface area contributed by atoms with Gasteiger partial charge in [0, 0.05) is 10.2 Å². The average molecular weight is 399 g/mol. The van der Waals surface area contributed by atoms with Gasteiger partial charge in [0.15, 0.2) is 0 Å². The van der Waals surface area contributed by atoms with Crippen molar-refractivity contribution in [2.75, 3.05) is 5.32 Å². The Morgan fingerprint density at radius 1 is 1.09 bits per heavy atom. The molecule has 0 radical (unpaired) electrons. The Bertz CT molecular complexity index is 886. The first-order chi connectivity index (χ1) is 10.4. The van der Waals surface area contributed by atoms with Gasteiger partial charge in [-0.05, 0) is 58.7 Å². The molecule has 0 saturated heterocycles. The fourth-order valence-electron chi connectivity index (χ4n) is 2.07. The maximum Gasteiger partial charge on any atom is 0.231 e. The summed E-state index contributed by atoms with van der Waals surface area (Å²) in [5, 5.41) is 14.6. The van der Waals surface area contributed by atoms with E-state index in [0.29, 0.717) is 26.6 Å². The number of nitrogens with zero attached hydrogens (tertiary/aromatic N) is 2. The van der Waals surface area contributed by atoms with E-state index < -0.39 is 0 Å². The minimum atomic E-state index is -0.0861. The van der Waals surface area contributed by atoms with E-state index in [1.54, 1.807) is 18.2 Å². The number of aromatic nitrogens is 2. The number of rotatable bonds is 2. The second-order valence-corrected chi connectivity index (χ2v) is 6.44. The molecule has 0 aliphatic heterocycles. The summed E-state index contributed by atoms with van der Waals surface area (Å²) in [6.45, 7) is 1.94. The summed E-state index contributed by atoms with van der Waals surface area (Å²) in [4.78, 5) is 8.49. The highest BCUT2D eigenvalue weighted by Gasteiger charge is 2.11. The van der Waals surface area contributed by atoms with Crippen molar-refractivity contribution in [3.8, 4) is 5.88 Å². The molecule has 112 valence electrons. The molecule has 0 aliphatic rings. The molecule has 0 unspecified atom stereocenters. The van der Waals surface area contributed by atoms with Crippen LogP contribution in [0.25, 0.3) is 10.9 Å². The van der Waals surface area contributed by atoms with Crippen molar-refractivity contribution in [3.63, 3.8) is 0 Å². The second-order valence-electron chi connectivity index (χ2n) is 4.77. The van der Waals surface area contributed by atoms with E-state index in [0.717, 1.165) is 10.0 Å². The van der Waals surface area contributed by atoms with E-state index in [1.165, 1.54) is 0 Å². The first kappa shape index (κ1) is 15.3. The second kappa shape index (κ2) is 5.91. The number of hydrogen-bond acceptors (Lipinski definition) is 4. The maximum atomic E-state index is 10.1. The fourth-order valence-corrected chi connectivity index (χ4v) is 3.03. The number of anilines is 2. The molecular weight excluding hydrogens is 389 g/mol. The molecule has 4 nitrogen and oxygen atoms in total. The van der Waals surface area contributed by atoms with Crippen molar-refractivity contribution in [1.82, 2.24) is 9.97 Å². The van der Waals surface area contributed by atoms with Crippen molar-refractivity contribution >= 4 is 61.7 Å².